The summed E-state index contributed by atoms with van der Waals surface area (Å²) in [6, 6.07) is 0.304. The number of rotatable bonds is 1. The Morgan fingerprint density at radius 2 is 1.75 bits per heavy atom. The van der Waals surface area contributed by atoms with E-state index in [0.29, 0.717) is 12.0 Å². The number of guanidine groups is 1. The van der Waals surface area contributed by atoms with E-state index < -0.39 is 0 Å². The van der Waals surface area contributed by atoms with Gasteiger partial charge >= 0.3 is 0 Å². The zero-order chi connectivity index (χ0) is 8.55. The molecule has 0 bridgehead atoms. The van der Waals surface area contributed by atoms with Gasteiger partial charge in [0.15, 0.2) is 0 Å². The molecular weight excluding hydrogens is 158 g/mol. The lowest BCUT2D eigenvalue weighted by atomic mass is 10.3. The monoisotopic (exact) mass is 167 g/mol. The predicted molar refractivity (Wildman–Crippen MR) is 41.4 cm³/mol. The van der Waals surface area contributed by atoms with Gasteiger partial charge < -0.3 is 0 Å². The number of hydrogen-bond acceptors (Lipinski definition) is 3. The van der Waals surface area contributed by atoms with Crippen LogP contribution < -0.4 is 10.6 Å². The van der Waals surface area contributed by atoms with Gasteiger partial charge in [0, 0.05) is 0 Å². The van der Waals surface area contributed by atoms with Gasteiger partial charge in [-0.25, -0.2) is 4.99 Å². The lowest BCUT2D eigenvalue weighted by molar-refractivity contribution is -0.129. The molecule has 0 radical (unpaired) electrons. The molecule has 0 aromatic carbocycles. The van der Waals surface area contributed by atoms with E-state index in [2.05, 4.69) is 15.6 Å². The van der Waals surface area contributed by atoms with Crippen molar-refractivity contribution < 1.29 is 9.59 Å². The van der Waals surface area contributed by atoms with Crippen molar-refractivity contribution in [3.05, 3.63) is 0 Å². The highest BCUT2D eigenvalue weighted by Crippen LogP contribution is 2.23. The summed E-state index contributed by atoms with van der Waals surface area (Å²) in [5, 5.41) is 4.99. The van der Waals surface area contributed by atoms with Crippen molar-refractivity contribution in [3.8, 4) is 0 Å². The van der Waals surface area contributed by atoms with E-state index in [1.165, 1.54) is 0 Å². The van der Waals surface area contributed by atoms with Gasteiger partial charge in [0.05, 0.1) is 6.04 Å². The first-order valence-electron chi connectivity index (χ1n) is 3.91. The van der Waals surface area contributed by atoms with Gasteiger partial charge in [-0.3, -0.25) is 20.2 Å². The molecule has 1 aliphatic carbocycles. The van der Waals surface area contributed by atoms with Crippen LogP contribution in [0, 0.1) is 0 Å². The van der Waals surface area contributed by atoms with Gasteiger partial charge in [-0.05, 0) is 12.8 Å². The molecule has 0 atom stereocenters. The fourth-order valence-electron chi connectivity index (χ4n) is 0.980. The summed E-state index contributed by atoms with van der Waals surface area (Å²) in [6.07, 6.45) is 2.01. The summed E-state index contributed by atoms with van der Waals surface area (Å²) >= 11 is 0. The SMILES string of the molecule is O=C1CC(=O)NC(=NC2CC2)N1. The van der Waals surface area contributed by atoms with Gasteiger partial charge in [-0.15, -0.1) is 0 Å². The summed E-state index contributed by atoms with van der Waals surface area (Å²) in [4.78, 5) is 25.8. The van der Waals surface area contributed by atoms with Gasteiger partial charge in [0.25, 0.3) is 0 Å². The molecule has 1 saturated heterocycles. The Kier molecular flexibility index (Phi) is 1.56. The van der Waals surface area contributed by atoms with E-state index in [0.717, 1.165) is 12.8 Å². The summed E-state index contributed by atoms with van der Waals surface area (Å²) in [6.45, 7) is 0. The molecule has 2 aliphatic rings. The predicted octanol–water partition coefficient (Wildman–Crippen LogP) is -0.859. The number of carbonyl (C=O) groups excluding carboxylic acids is 2. The molecule has 64 valence electrons. The second kappa shape index (κ2) is 2.58. The molecular formula is C7H9N3O2. The maximum Gasteiger partial charge on any atom is 0.236 e. The Morgan fingerprint density at radius 3 is 2.25 bits per heavy atom. The highest BCUT2D eigenvalue weighted by molar-refractivity contribution is 6.15. The van der Waals surface area contributed by atoms with E-state index >= 15 is 0 Å². The van der Waals surface area contributed by atoms with E-state index in [4.69, 9.17) is 0 Å². The van der Waals surface area contributed by atoms with Crippen molar-refractivity contribution in [3.63, 3.8) is 0 Å². The Hall–Kier alpha value is -1.39. The summed E-state index contributed by atoms with van der Waals surface area (Å²) in [5.41, 5.74) is 0. The van der Waals surface area contributed by atoms with E-state index in [1.807, 2.05) is 0 Å². The molecule has 1 saturated carbocycles. The fraction of sp³-hybridized carbons (Fsp3) is 0.571. The average molecular weight is 167 g/mol. The quantitative estimate of drug-likeness (QED) is 0.499. The zero-order valence-electron chi connectivity index (χ0n) is 6.46. The summed E-state index contributed by atoms with van der Waals surface area (Å²) in [7, 11) is 0. The van der Waals surface area contributed by atoms with E-state index in [-0.39, 0.29) is 18.2 Å². The molecule has 1 heterocycles. The first-order valence-corrected chi connectivity index (χ1v) is 3.91. The van der Waals surface area contributed by atoms with Crippen molar-refractivity contribution in [2.75, 3.05) is 0 Å². The van der Waals surface area contributed by atoms with Gasteiger partial charge in [0.1, 0.15) is 6.42 Å². The third kappa shape index (κ3) is 1.61. The molecule has 12 heavy (non-hydrogen) atoms. The van der Waals surface area contributed by atoms with Crippen LogP contribution in [0.1, 0.15) is 19.3 Å². The second-order valence-corrected chi connectivity index (χ2v) is 2.98. The van der Waals surface area contributed by atoms with Gasteiger partial charge in [0.2, 0.25) is 17.8 Å². The van der Waals surface area contributed by atoms with Crippen LogP contribution in [0.15, 0.2) is 4.99 Å². The largest absolute Gasteiger partial charge is 0.296 e. The standard InChI is InChI=1S/C7H9N3O2/c11-5-3-6(12)10-7(9-5)8-4-1-2-4/h4H,1-3H2,(H2,8,9,10,11,12). The molecule has 2 N–H and O–H groups in total. The van der Waals surface area contributed by atoms with Crippen LogP contribution >= 0.6 is 0 Å². The maximum atomic E-state index is 10.8. The van der Waals surface area contributed by atoms with Crippen molar-refractivity contribution in [1.82, 2.24) is 10.6 Å². The van der Waals surface area contributed by atoms with E-state index in [9.17, 15) is 9.59 Å². The van der Waals surface area contributed by atoms with Gasteiger partial charge in [-0.1, -0.05) is 0 Å². The molecule has 2 amide bonds. The zero-order valence-corrected chi connectivity index (χ0v) is 6.46. The third-order valence-electron chi connectivity index (χ3n) is 1.70. The first-order chi connectivity index (χ1) is 5.74. The van der Waals surface area contributed by atoms with E-state index in [1.54, 1.807) is 0 Å². The van der Waals surface area contributed by atoms with Crippen molar-refractivity contribution in [2.24, 2.45) is 4.99 Å². The molecule has 0 aromatic rings. The third-order valence-corrected chi connectivity index (χ3v) is 1.70. The number of aliphatic imine (C=N–C) groups is 1. The van der Waals surface area contributed by atoms with Crippen LogP contribution in [0.4, 0.5) is 0 Å². The van der Waals surface area contributed by atoms with Crippen LogP contribution in [-0.2, 0) is 9.59 Å². The normalized spacial score (nSPS) is 23.2. The Morgan fingerprint density at radius 1 is 1.17 bits per heavy atom. The average Bonchev–Trinajstić information content (AvgIpc) is 2.68. The molecule has 5 nitrogen and oxygen atoms in total. The number of hydrogen-bond donors (Lipinski definition) is 2. The fourth-order valence-corrected chi connectivity index (χ4v) is 0.980. The number of amides is 2. The summed E-state index contributed by atoms with van der Waals surface area (Å²) in [5.74, 6) is -0.241. The Balaban J connectivity index is 2.05. The Labute approximate surface area is 69.2 Å². The topological polar surface area (TPSA) is 70.6 Å². The molecule has 0 aromatic heterocycles. The molecule has 1 aliphatic heterocycles. The van der Waals surface area contributed by atoms with Crippen molar-refractivity contribution >= 4 is 17.8 Å². The molecule has 2 fully saturated rings. The Bertz CT molecular complexity index is 250. The lowest BCUT2D eigenvalue weighted by Gasteiger charge is -2.14. The molecule has 0 spiro atoms. The minimum atomic E-state index is -0.279. The molecule has 2 rings (SSSR count). The van der Waals surface area contributed by atoms with Crippen LogP contribution in [-0.4, -0.2) is 23.8 Å². The molecule has 0 unspecified atom stereocenters. The first kappa shape index (κ1) is 7.27. The minimum absolute atomic E-state index is 0.0936. The van der Waals surface area contributed by atoms with Crippen LogP contribution in [0.25, 0.3) is 0 Å². The molecule has 5 heteroatoms. The van der Waals surface area contributed by atoms with Crippen LogP contribution in [0.3, 0.4) is 0 Å². The number of nitrogens with one attached hydrogen (secondary N) is 2. The smallest absolute Gasteiger partial charge is 0.236 e. The van der Waals surface area contributed by atoms with Crippen molar-refractivity contribution in [1.29, 1.82) is 0 Å². The minimum Gasteiger partial charge on any atom is -0.296 e. The highest BCUT2D eigenvalue weighted by Gasteiger charge is 2.25. The van der Waals surface area contributed by atoms with Crippen LogP contribution in [0.2, 0.25) is 0 Å². The van der Waals surface area contributed by atoms with Gasteiger partial charge in [-0.2, -0.15) is 0 Å². The second-order valence-electron chi connectivity index (χ2n) is 2.98. The summed E-state index contributed by atoms with van der Waals surface area (Å²) < 4.78 is 0. The number of nitrogens with zero attached hydrogens (tertiary/aromatic N) is 1. The number of carbonyl (C=O) groups is 2. The highest BCUT2D eigenvalue weighted by atomic mass is 16.2. The van der Waals surface area contributed by atoms with Crippen molar-refractivity contribution in [2.45, 2.75) is 25.3 Å². The lowest BCUT2D eigenvalue weighted by Crippen LogP contribution is -2.51. The van der Waals surface area contributed by atoms with Crippen LogP contribution in [0.5, 0.6) is 0 Å². The maximum absolute atomic E-state index is 10.8.